The monoisotopic (exact) mass is 485 g/mol. The van der Waals surface area contributed by atoms with Gasteiger partial charge in [-0.05, 0) is 55.3 Å². The third-order valence-electron chi connectivity index (χ3n) is 6.32. The first kappa shape index (κ1) is 23.4. The van der Waals surface area contributed by atoms with Crippen molar-refractivity contribution in [1.29, 1.82) is 0 Å². The summed E-state index contributed by atoms with van der Waals surface area (Å²) in [6, 6.07) is 15.4. The minimum atomic E-state index is -0.835. The lowest BCUT2D eigenvalue weighted by Crippen LogP contribution is -2.29. The smallest absolute Gasteiger partial charge is 0.296 e. The van der Waals surface area contributed by atoms with E-state index >= 15 is 0 Å². The molecule has 0 saturated carbocycles. The summed E-state index contributed by atoms with van der Waals surface area (Å²) < 4.78 is 13.1. The first-order chi connectivity index (χ1) is 17.5. The van der Waals surface area contributed by atoms with Gasteiger partial charge in [0.05, 0.1) is 36.7 Å². The Morgan fingerprint density at radius 3 is 2.78 bits per heavy atom. The van der Waals surface area contributed by atoms with Crippen molar-refractivity contribution < 1.29 is 23.8 Å². The zero-order valence-corrected chi connectivity index (χ0v) is 20.2. The molecule has 36 heavy (non-hydrogen) atoms. The molecule has 4 heterocycles. The number of hydrogen-bond donors (Lipinski definition) is 1. The van der Waals surface area contributed by atoms with Gasteiger partial charge in [0.1, 0.15) is 22.9 Å². The molecule has 8 nitrogen and oxygen atoms in total. The molecule has 1 fully saturated rings. The molecule has 8 heteroatoms. The molecule has 5 rings (SSSR count). The normalized spacial score (nSPS) is 17.3. The number of furan rings is 1. The number of benzene rings is 1. The SMILES string of the molecule is CCCCOc1cccc(C2/C(=C(\O)c3c(C)nc4ccccn34)C(=O)C(=O)N2Cc2ccco2)c1. The van der Waals surface area contributed by atoms with Crippen molar-refractivity contribution in [3.8, 4) is 5.75 Å². The third-order valence-corrected chi connectivity index (χ3v) is 6.32. The molecule has 1 amide bonds. The molecule has 0 radical (unpaired) electrons. The lowest BCUT2D eigenvalue weighted by Gasteiger charge is -2.25. The number of aliphatic hydroxyl groups is 1. The van der Waals surface area contributed by atoms with E-state index in [0.29, 0.717) is 40.7 Å². The van der Waals surface area contributed by atoms with E-state index in [0.717, 1.165) is 12.8 Å². The second-order valence-electron chi connectivity index (χ2n) is 8.76. The number of Topliss-reactive ketones (excluding diaryl/α,β-unsaturated/α-hetero) is 1. The number of unbranched alkanes of at least 4 members (excludes halogenated alkanes) is 1. The van der Waals surface area contributed by atoms with Gasteiger partial charge in [0.25, 0.3) is 11.7 Å². The zero-order chi connectivity index (χ0) is 25.2. The molecule has 1 aliphatic heterocycles. The number of pyridine rings is 1. The topological polar surface area (TPSA) is 97.3 Å². The van der Waals surface area contributed by atoms with Crippen molar-refractivity contribution in [2.75, 3.05) is 6.61 Å². The minimum Gasteiger partial charge on any atom is -0.505 e. The fourth-order valence-electron chi connectivity index (χ4n) is 4.60. The first-order valence-corrected chi connectivity index (χ1v) is 12.0. The molecule has 0 bridgehead atoms. The quantitative estimate of drug-likeness (QED) is 0.163. The van der Waals surface area contributed by atoms with Gasteiger partial charge >= 0.3 is 0 Å². The number of imidazole rings is 1. The van der Waals surface area contributed by atoms with Crippen LogP contribution in [0.25, 0.3) is 11.4 Å². The van der Waals surface area contributed by atoms with Crippen molar-refractivity contribution in [1.82, 2.24) is 14.3 Å². The maximum absolute atomic E-state index is 13.4. The molecule has 0 aliphatic carbocycles. The number of carbonyl (C=O) groups is 2. The van der Waals surface area contributed by atoms with Gasteiger partial charge in [-0.2, -0.15) is 0 Å². The number of aromatic nitrogens is 2. The van der Waals surface area contributed by atoms with E-state index in [-0.39, 0.29) is 17.9 Å². The maximum Gasteiger partial charge on any atom is 0.296 e. The second kappa shape index (κ2) is 9.73. The molecule has 1 saturated heterocycles. The summed E-state index contributed by atoms with van der Waals surface area (Å²) in [7, 11) is 0. The van der Waals surface area contributed by atoms with Crippen LogP contribution in [0.4, 0.5) is 0 Å². The predicted octanol–water partition coefficient (Wildman–Crippen LogP) is 5.04. The molecule has 1 unspecified atom stereocenters. The van der Waals surface area contributed by atoms with E-state index in [1.54, 1.807) is 29.7 Å². The van der Waals surface area contributed by atoms with Gasteiger partial charge in [-0.3, -0.25) is 14.0 Å². The average Bonchev–Trinajstić information content (AvgIpc) is 3.57. The number of amides is 1. The number of fused-ring (bicyclic) bond motifs is 1. The maximum atomic E-state index is 13.4. The van der Waals surface area contributed by atoms with Crippen molar-refractivity contribution in [3.63, 3.8) is 0 Å². The Morgan fingerprint density at radius 2 is 2.00 bits per heavy atom. The molecule has 3 aromatic heterocycles. The van der Waals surface area contributed by atoms with Crippen LogP contribution in [0.1, 0.15) is 48.5 Å². The highest BCUT2D eigenvalue weighted by atomic mass is 16.5. The van der Waals surface area contributed by atoms with Gasteiger partial charge < -0.3 is 19.2 Å². The molecular weight excluding hydrogens is 458 g/mol. The Hall–Kier alpha value is -4.33. The summed E-state index contributed by atoms with van der Waals surface area (Å²) in [6.07, 6.45) is 5.20. The van der Waals surface area contributed by atoms with E-state index in [1.165, 1.54) is 11.2 Å². The lowest BCUT2D eigenvalue weighted by atomic mass is 9.96. The van der Waals surface area contributed by atoms with Crippen LogP contribution in [0, 0.1) is 6.92 Å². The zero-order valence-electron chi connectivity index (χ0n) is 20.2. The number of nitrogens with zero attached hydrogens (tertiary/aromatic N) is 3. The fraction of sp³-hybridized carbons (Fsp3) is 0.250. The van der Waals surface area contributed by atoms with Crippen LogP contribution in [0.2, 0.25) is 0 Å². The van der Waals surface area contributed by atoms with Crippen molar-refractivity contribution in [2.24, 2.45) is 0 Å². The van der Waals surface area contributed by atoms with E-state index in [2.05, 4.69) is 11.9 Å². The molecular formula is C28H27N3O5. The van der Waals surface area contributed by atoms with Gasteiger partial charge in [0, 0.05) is 6.20 Å². The third kappa shape index (κ3) is 4.15. The van der Waals surface area contributed by atoms with E-state index < -0.39 is 17.7 Å². The Kier molecular flexibility index (Phi) is 6.33. The van der Waals surface area contributed by atoms with E-state index in [9.17, 15) is 14.7 Å². The number of ketones is 1. The number of aryl methyl sites for hydroxylation is 1. The van der Waals surface area contributed by atoms with Crippen LogP contribution in [0.3, 0.4) is 0 Å². The molecule has 0 spiro atoms. The number of ether oxygens (including phenoxy) is 1. The van der Waals surface area contributed by atoms with Crippen LogP contribution in [-0.4, -0.2) is 37.7 Å². The summed E-state index contributed by atoms with van der Waals surface area (Å²) in [5.74, 6) is -0.569. The van der Waals surface area contributed by atoms with Crippen LogP contribution in [-0.2, 0) is 16.1 Å². The number of rotatable bonds is 8. The molecule has 184 valence electrons. The number of aliphatic hydroxyl groups excluding tert-OH is 1. The summed E-state index contributed by atoms with van der Waals surface area (Å²) in [5, 5.41) is 11.6. The Morgan fingerprint density at radius 1 is 1.14 bits per heavy atom. The molecule has 4 aromatic rings. The first-order valence-electron chi connectivity index (χ1n) is 12.0. The Bertz CT molecular complexity index is 1450. The van der Waals surface area contributed by atoms with E-state index in [4.69, 9.17) is 9.15 Å². The van der Waals surface area contributed by atoms with Gasteiger partial charge in [-0.15, -0.1) is 0 Å². The molecule has 1 aromatic carbocycles. The van der Waals surface area contributed by atoms with Gasteiger partial charge in [0.15, 0.2) is 5.76 Å². The van der Waals surface area contributed by atoms with Crippen molar-refractivity contribution >= 4 is 23.1 Å². The predicted molar refractivity (Wildman–Crippen MR) is 133 cm³/mol. The molecule has 1 N–H and O–H groups in total. The average molecular weight is 486 g/mol. The molecule has 1 aliphatic rings. The van der Waals surface area contributed by atoms with Gasteiger partial charge in [0.2, 0.25) is 0 Å². The van der Waals surface area contributed by atoms with Gasteiger partial charge in [-0.25, -0.2) is 4.98 Å². The van der Waals surface area contributed by atoms with Crippen LogP contribution < -0.4 is 4.74 Å². The van der Waals surface area contributed by atoms with Crippen LogP contribution in [0.15, 0.2) is 77.0 Å². The van der Waals surface area contributed by atoms with E-state index in [1.807, 2.05) is 42.5 Å². The summed E-state index contributed by atoms with van der Waals surface area (Å²) in [6.45, 7) is 4.49. The standard InChI is InChI=1S/C28H27N3O5/c1-3-4-14-35-20-10-7-9-19(16-20)25-23(27(33)28(34)31(25)17-21-11-8-15-36-21)26(32)24-18(2)29-22-12-5-6-13-30(22)24/h5-13,15-16,25,32H,3-4,14,17H2,1-2H3/b26-23+. The number of hydrogen-bond acceptors (Lipinski definition) is 6. The van der Waals surface area contributed by atoms with Gasteiger partial charge in [-0.1, -0.05) is 31.5 Å². The van der Waals surface area contributed by atoms with Crippen LogP contribution >= 0.6 is 0 Å². The Labute approximate surface area is 208 Å². The lowest BCUT2D eigenvalue weighted by molar-refractivity contribution is -0.140. The second-order valence-corrected chi connectivity index (χ2v) is 8.76. The largest absolute Gasteiger partial charge is 0.505 e. The highest BCUT2D eigenvalue weighted by Gasteiger charge is 2.47. The fourth-order valence-corrected chi connectivity index (χ4v) is 4.60. The summed E-state index contributed by atoms with van der Waals surface area (Å²) >= 11 is 0. The number of carbonyl (C=O) groups excluding carboxylic acids is 2. The highest BCUT2D eigenvalue weighted by Crippen LogP contribution is 2.41. The highest BCUT2D eigenvalue weighted by molar-refractivity contribution is 6.46. The molecule has 1 atom stereocenters. The van der Waals surface area contributed by atoms with Crippen molar-refractivity contribution in [2.45, 2.75) is 39.3 Å². The summed E-state index contributed by atoms with van der Waals surface area (Å²) in [5.41, 5.74) is 2.21. The van der Waals surface area contributed by atoms with Crippen LogP contribution in [0.5, 0.6) is 5.75 Å². The van der Waals surface area contributed by atoms with Crippen molar-refractivity contribution in [3.05, 3.63) is 95.3 Å². The minimum absolute atomic E-state index is 0.00557. The Balaban J connectivity index is 1.66. The number of likely N-dealkylation sites (tertiary alicyclic amines) is 1. The summed E-state index contributed by atoms with van der Waals surface area (Å²) in [4.78, 5) is 32.6.